The van der Waals surface area contributed by atoms with E-state index in [9.17, 15) is 0 Å². The van der Waals surface area contributed by atoms with E-state index in [1.807, 2.05) is 29.2 Å². The van der Waals surface area contributed by atoms with Crippen LogP contribution in [0.3, 0.4) is 0 Å². The number of aliphatic imine (C=N–C) groups is 1. The van der Waals surface area contributed by atoms with Crippen molar-refractivity contribution < 1.29 is 4.74 Å². The molecule has 80 valence electrons. The molecule has 0 atom stereocenters. The number of nitrogens with two attached hydrogens (primary N) is 1. The van der Waals surface area contributed by atoms with Crippen molar-refractivity contribution in [1.82, 2.24) is 0 Å². The summed E-state index contributed by atoms with van der Waals surface area (Å²) < 4.78 is 5.62. The zero-order valence-electron chi connectivity index (χ0n) is 8.81. The molecule has 1 aromatic rings. The standard InChI is InChI=1S/C11H15N3O/c1-13-11(12)14-7-4-8-15-10-6-3-2-5-9(10)14/h2-3,5-6H,4,7-8H2,1H3,(H2,12,13). The number of anilines is 1. The average molecular weight is 205 g/mol. The molecule has 0 saturated heterocycles. The molecule has 0 fully saturated rings. The van der Waals surface area contributed by atoms with Crippen molar-refractivity contribution >= 4 is 11.6 Å². The molecule has 1 aromatic carbocycles. The van der Waals surface area contributed by atoms with E-state index in [1.54, 1.807) is 7.05 Å². The summed E-state index contributed by atoms with van der Waals surface area (Å²) in [7, 11) is 1.70. The molecule has 2 N–H and O–H groups in total. The lowest BCUT2D eigenvalue weighted by atomic mass is 10.2. The molecule has 0 radical (unpaired) electrons. The molecule has 4 heteroatoms. The van der Waals surface area contributed by atoms with Gasteiger partial charge in [0, 0.05) is 13.6 Å². The molecular weight excluding hydrogens is 190 g/mol. The number of hydrogen-bond donors (Lipinski definition) is 1. The largest absolute Gasteiger partial charge is 0.491 e. The van der Waals surface area contributed by atoms with Crippen molar-refractivity contribution in [2.45, 2.75) is 6.42 Å². The Morgan fingerprint density at radius 3 is 3.07 bits per heavy atom. The molecule has 15 heavy (non-hydrogen) atoms. The molecule has 1 aliphatic heterocycles. The zero-order chi connectivity index (χ0) is 10.7. The lowest BCUT2D eigenvalue weighted by Gasteiger charge is -2.21. The Bertz CT molecular complexity index is 376. The summed E-state index contributed by atoms with van der Waals surface area (Å²) in [5.74, 6) is 1.41. The quantitative estimate of drug-likeness (QED) is 0.512. The van der Waals surface area contributed by atoms with E-state index >= 15 is 0 Å². The third kappa shape index (κ3) is 1.88. The highest BCUT2D eigenvalue weighted by Gasteiger charge is 2.17. The summed E-state index contributed by atoms with van der Waals surface area (Å²) >= 11 is 0. The van der Waals surface area contributed by atoms with Gasteiger partial charge in [-0.25, -0.2) is 0 Å². The van der Waals surface area contributed by atoms with Crippen molar-refractivity contribution in [3.05, 3.63) is 24.3 Å². The van der Waals surface area contributed by atoms with E-state index in [0.717, 1.165) is 31.0 Å². The number of ether oxygens (including phenoxy) is 1. The van der Waals surface area contributed by atoms with Gasteiger partial charge < -0.3 is 15.4 Å². The molecule has 0 aliphatic carbocycles. The number of nitrogens with zero attached hydrogens (tertiary/aromatic N) is 2. The fourth-order valence-electron chi connectivity index (χ4n) is 1.69. The summed E-state index contributed by atoms with van der Waals surface area (Å²) in [6, 6.07) is 7.89. The number of guanidine groups is 1. The summed E-state index contributed by atoms with van der Waals surface area (Å²) in [5, 5.41) is 0. The minimum absolute atomic E-state index is 0.535. The molecule has 1 aliphatic rings. The first-order valence-electron chi connectivity index (χ1n) is 5.04. The van der Waals surface area contributed by atoms with Crippen LogP contribution in [0.2, 0.25) is 0 Å². The maximum atomic E-state index is 5.85. The van der Waals surface area contributed by atoms with Crippen molar-refractivity contribution in [1.29, 1.82) is 0 Å². The number of benzene rings is 1. The lowest BCUT2D eigenvalue weighted by molar-refractivity contribution is 0.322. The second-order valence-corrected chi connectivity index (χ2v) is 3.40. The predicted molar refractivity (Wildman–Crippen MR) is 61.4 cm³/mol. The predicted octanol–water partition coefficient (Wildman–Crippen LogP) is 1.22. The Balaban J connectivity index is 2.41. The van der Waals surface area contributed by atoms with Gasteiger partial charge >= 0.3 is 0 Å². The van der Waals surface area contributed by atoms with E-state index in [4.69, 9.17) is 10.5 Å². The highest BCUT2D eigenvalue weighted by atomic mass is 16.5. The normalized spacial score (nSPS) is 16.6. The minimum Gasteiger partial charge on any atom is -0.491 e. The van der Waals surface area contributed by atoms with Crippen molar-refractivity contribution in [2.75, 3.05) is 25.1 Å². The monoisotopic (exact) mass is 205 g/mol. The average Bonchev–Trinajstić information content (AvgIpc) is 2.50. The van der Waals surface area contributed by atoms with Gasteiger partial charge in [-0.2, -0.15) is 0 Å². The number of rotatable bonds is 0. The molecule has 0 aromatic heterocycles. The van der Waals surface area contributed by atoms with Crippen LogP contribution >= 0.6 is 0 Å². The topological polar surface area (TPSA) is 50.8 Å². The number of hydrogen-bond acceptors (Lipinski definition) is 2. The van der Waals surface area contributed by atoms with Gasteiger partial charge in [0.15, 0.2) is 5.96 Å². The minimum atomic E-state index is 0.535. The Kier molecular flexibility index (Phi) is 2.76. The fraction of sp³-hybridized carbons (Fsp3) is 0.364. The van der Waals surface area contributed by atoms with Crippen LogP contribution in [0.4, 0.5) is 5.69 Å². The van der Waals surface area contributed by atoms with Crippen LogP contribution in [0, 0.1) is 0 Å². The van der Waals surface area contributed by atoms with Gasteiger partial charge in [0.1, 0.15) is 5.75 Å². The Labute approximate surface area is 89.4 Å². The molecule has 0 unspecified atom stereocenters. The van der Waals surface area contributed by atoms with Crippen LogP contribution in [0.1, 0.15) is 6.42 Å². The van der Waals surface area contributed by atoms with Gasteiger partial charge in [0.25, 0.3) is 0 Å². The second kappa shape index (κ2) is 4.21. The van der Waals surface area contributed by atoms with E-state index in [-0.39, 0.29) is 0 Å². The molecule has 0 saturated carbocycles. The number of para-hydroxylation sites is 2. The SMILES string of the molecule is CN=C(N)N1CCCOc2ccccc21. The Hall–Kier alpha value is -1.71. The molecular formula is C11H15N3O. The van der Waals surface area contributed by atoms with Crippen LogP contribution in [-0.4, -0.2) is 26.2 Å². The maximum Gasteiger partial charge on any atom is 0.195 e. The van der Waals surface area contributed by atoms with Gasteiger partial charge in [-0.3, -0.25) is 4.99 Å². The first-order chi connectivity index (χ1) is 7.33. The summed E-state index contributed by atoms with van der Waals surface area (Å²) in [4.78, 5) is 6.01. The molecule has 0 amide bonds. The highest BCUT2D eigenvalue weighted by Crippen LogP contribution is 2.29. The van der Waals surface area contributed by atoms with E-state index < -0.39 is 0 Å². The van der Waals surface area contributed by atoms with E-state index in [2.05, 4.69) is 4.99 Å². The molecule has 2 rings (SSSR count). The smallest absolute Gasteiger partial charge is 0.195 e. The summed E-state index contributed by atoms with van der Waals surface area (Å²) in [5.41, 5.74) is 6.85. The first-order valence-corrected chi connectivity index (χ1v) is 5.04. The van der Waals surface area contributed by atoms with Gasteiger partial charge in [0.2, 0.25) is 0 Å². The van der Waals surface area contributed by atoms with Gasteiger partial charge in [0.05, 0.1) is 12.3 Å². The van der Waals surface area contributed by atoms with E-state index in [1.165, 1.54) is 0 Å². The maximum absolute atomic E-state index is 5.85. The van der Waals surface area contributed by atoms with Crippen LogP contribution in [0.5, 0.6) is 5.75 Å². The van der Waals surface area contributed by atoms with Crippen LogP contribution in [0.15, 0.2) is 29.3 Å². The van der Waals surface area contributed by atoms with Gasteiger partial charge in [-0.15, -0.1) is 0 Å². The van der Waals surface area contributed by atoms with Gasteiger partial charge in [-0.1, -0.05) is 12.1 Å². The highest BCUT2D eigenvalue weighted by molar-refractivity contribution is 5.96. The third-order valence-electron chi connectivity index (χ3n) is 2.45. The zero-order valence-corrected chi connectivity index (χ0v) is 8.81. The molecule has 1 heterocycles. The van der Waals surface area contributed by atoms with Crippen LogP contribution < -0.4 is 15.4 Å². The van der Waals surface area contributed by atoms with Crippen LogP contribution in [0.25, 0.3) is 0 Å². The van der Waals surface area contributed by atoms with Crippen molar-refractivity contribution in [3.63, 3.8) is 0 Å². The lowest BCUT2D eigenvalue weighted by Crippen LogP contribution is -2.37. The Morgan fingerprint density at radius 1 is 1.47 bits per heavy atom. The van der Waals surface area contributed by atoms with Gasteiger partial charge in [-0.05, 0) is 18.6 Å². The van der Waals surface area contributed by atoms with Crippen molar-refractivity contribution in [3.8, 4) is 5.75 Å². The number of fused-ring (bicyclic) bond motifs is 1. The van der Waals surface area contributed by atoms with Crippen molar-refractivity contribution in [2.24, 2.45) is 10.7 Å². The summed E-state index contributed by atoms with van der Waals surface area (Å²) in [6.45, 7) is 1.57. The van der Waals surface area contributed by atoms with E-state index in [0.29, 0.717) is 5.96 Å². The Morgan fingerprint density at radius 2 is 2.27 bits per heavy atom. The van der Waals surface area contributed by atoms with Crippen LogP contribution in [-0.2, 0) is 0 Å². The molecule has 4 nitrogen and oxygen atoms in total. The molecule has 0 bridgehead atoms. The second-order valence-electron chi connectivity index (χ2n) is 3.40. The summed E-state index contributed by atoms with van der Waals surface area (Å²) in [6.07, 6.45) is 0.949. The third-order valence-corrected chi connectivity index (χ3v) is 2.45. The fourth-order valence-corrected chi connectivity index (χ4v) is 1.69. The first kappa shape index (κ1) is 9.83. The molecule has 0 spiro atoms.